The first kappa shape index (κ1) is 16.1. The van der Waals surface area contributed by atoms with Crippen LogP contribution in [0.25, 0.3) is 0 Å². The molecule has 1 heterocycles. The Morgan fingerprint density at radius 1 is 1.29 bits per heavy atom. The zero-order valence-corrected chi connectivity index (χ0v) is 13.0. The molecule has 116 valence electrons. The molecule has 1 fully saturated rings. The summed E-state index contributed by atoms with van der Waals surface area (Å²) in [6.07, 6.45) is 0. The molecule has 0 aromatic heterocycles. The summed E-state index contributed by atoms with van der Waals surface area (Å²) in [6, 6.07) is 7.80. The van der Waals surface area contributed by atoms with Crippen molar-refractivity contribution in [2.24, 2.45) is 0 Å². The number of hydrogen-bond acceptors (Lipinski definition) is 3. The highest BCUT2D eigenvalue weighted by atomic mass is 35.5. The smallest absolute Gasteiger partial charge is 0.314 e. The van der Waals surface area contributed by atoms with Gasteiger partial charge in [0, 0.05) is 31.2 Å². The molecule has 0 spiro atoms. The Labute approximate surface area is 130 Å². The zero-order valence-electron chi connectivity index (χ0n) is 12.3. The number of benzene rings is 1. The average Bonchev–Trinajstić information content (AvgIpc) is 2.50. The normalized spacial score (nSPS) is 17.2. The summed E-state index contributed by atoms with van der Waals surface area (Å²) < 4.78 is 5.41. The van der Waals surface area contributed by atoms with Crippen LogP contribution in [0.2, 0.25) is 5.02 Å². The van der Waals surface area contributed by atoms with Crippen LogP contribution >= 0.6 is 11.6 Å². The SMILES string of the molecule is CCNC(=O)NCC(c1ccc(Cl)cc1)N1CCOCC1. The molecule has 1 aliphatic heterocycles. The van der Waals surface area contributed by atoms with Crippen molar-refractivity contribution in [3.8, 4) is 0 Å². The van der Waals surface area contributed by atoms with Gasteiger partial charge in [-0.1, -0.05) is 23.7 Å². The Morgan fingerprint density at radius 2 is 1.95 bits per heavy atom. The van der Waals surface area contributed by atoms with Crippen LogP contribution in [-0.2, 0) is 4.74 Å². The van der Waals surface area contributed by atoms with Gasteiger partial charge in [-0.25, -0.2) is 4.79 Å². The van der Waals surface area contributed by atoms with Gasteiger partial charge in [0.05, 0.1) is 19.3 Å². The molecule has 0 radical (unpaired) electrons. The molecule has 1 aromatic rings. The van der Waals surface area contributed by atoms with Crippen LogP contribution < -0.4 is 10.6 Å². The van der Waals surface area contributed by atoms with Crippen LogP contribution in [0, 0.1) is 0 Å². The number of nitrogens with zero attached hydrogens (tertiary/aromatic N) is 1. The Hall–Kier alpha value is -1.30. The van der Waals surface area contributed by atoms with E-state index in [0.717, 1.165) is 36.9 Å². The lowest BCUT2D eigenvalue weighted by molar-refractivity contribution is 0.0167. The van der Waals surface area contributed by atoms with E-state index in [1.807, 2.05) is 31.2 Å². The van der Waals surface area contributed by atoms with Gasteiger partial charge in [-0.3, -0.25) is 4.90 Å². The minimum atomic E-state index is -0.135. The number of ether oxygens (including phenoxy) is 1. The summed E-state index contributed by atoms with van der Waals surface area (Å²) in [6.45, 7) is 6.27. The zero-order chi connectivity index (χ0) is 15.1. The first-order valence-electron chi connectivity index (χ1n) is 7.29. The van der Waals surface area contributed by atoms with E-state index in [1.54, 1.807) is 0 Å². The second-order valence-electron chi connectivity index (χ2n) is 4.96. The van der Waals surface area contributed by atoms with Gasteiger partial charge in [-0.15, -0.1) is 0 Å². The number of carbonyl (C=O) groups excluding carboxylic acids is 1. The van der Waals surface area contributed by atoms with E-state index in [9.17, 15) is 4.79 Å². The summed E-state index contributed by atoms with van der Waals surface area (Å²) in [4.78, 5) is 14.0. The highest BCUT2D eigenvalue weighted by Gasteiger charge is 2.23. The predicted molar refractivity (Wildman–Crippen MR) is 83.7 cm³/mol. The number of nitrogens with one attached hydrogen (secondary N) is 2. The largest absolute Gasteiger partial charge is 0.379 e. The molecule has 6 heteroatoms. The lowest BCUT2D eigenvalue weighted by Crippen LogP contribution is -2.45. The minimum Gasteiger partial charge on any atom is -0.379 e. The van der Waals surface area contributed by atoms with Gasteiger partial charge in [-0.05, 0) is 24.6 Å². The summed E-state index contributed by atoms with van der Waals surface area (Å²) >= 11 is 5.96. The molecule has 1 atom stereocenters. The lowest BCUT2D eigenvalue weighted by Gasteiger charge is -2.35. The van der Waals surface area contributed by atoms with E-state index < -0.39 is 0 Å². The molecule has 0 aliphatic carbocycles. The number of urea groups is 1. The summed E-state index contributed by atoms with van der Waals surface area (Å²) in [5, 5.41) is 6.40. The fourth-order valence-corrected chi connectivity index (χ4v) is 2.57. The summed E-state index contributed by atoms with van der Waals surface area (Å²) in [7, 11) is 0. The van der Waals surface area contributed by atoms with Gasteiger partial charge in [0.1, 0.15) is 0 Å². The maximum Gasteiger partial charge on any atom is 0.314 e. The maximum absolute atomic E-state index is 11.6. The third-order valence-corrected chi connectivity index (χ3v) is 3.79. The van der Waals surface area contributed by atoms with Crippen molar-refractivity contribution in [2.45, 2.75) is 13.0 Å². The molecule has 2 rings (SSSR count). The van der Waals surface area contributed by atoms with Crippen molar-refractivity contribution in [2.75, 3.05) is 39.4 Å². The van der Waals surface area contributed by atoms with Crippen LogP contribution in [0.4, 0.5) is 4.79 Å². The van der Waals surface area contributed by atoms with Crippen molar-refractivity contribution in [1.29, 1.82) is 0 Å². The fourth-order valence-electron chi connectivity index (χ4n) is 2.44. The van der Waals surface area contributed by atoms with Gasteiger partial charge >= 0.3 is 6.03 Å². The number of halogens is 1. The molecule has 1 aliphatic rings. The summed E-state index contributed by atoms with van der Waals surface area (Å²) in [5.74, 6) is 0. The second-order valence-corrected chi connectivity index (χ2v) is 5.39. The highest BCUT2D eigenvalue weighted by Crippen LogP contribution is 2.22. The summed E-state index contributed by atoms with van der Waals surface area (Å²) in [5.41, 5.74) is 1.15. The van der Waals surface area contributed by atoms with Crippen LogP contribution in [0.15, 0.2) is 24.3 Å². The number of amides is 2. The highest BCUT2D eigenvalue weighted by molar-refractivity contribution is 6.30. The molecular weight excluding hydrogens is 290 g/mol. The van der Waals surface area contributed by atoms with Crippen molar-refractivity contribution in [1.82, 2.24) is 15.5 Å². The van der Waals surface area contributed by atoms with E-state index in [4.69, 9.17) is 16.3 Å². The monoisotopic (exact) mass is 311 g/mol. The molecule has 5 nitrogen and oxygen atoms in total. The van der Waals surface area contributed by atoms with E-state index >= 15 is 0 Å². The van der Waals surface area contributed by atoms with E-state index in [0.29, 0.717) is 13.1 Å². The molecule has 21 heavy (non-hydrogen) atoms. The number of hydrogen-bond donors (Lipinski definition) is 2. The van der Waals surface area contributed by atoms with E-state index in [2.05, 4.69) is 15.5 Å². The van der Waals surface area contributed by atoms with Crippen LogP contribution in [0.3, 0.4) is 0 Å². The molecule has 1 aromatic carbocycles. The third kappa shape index (κ3) is 4.88. The molecule has 1 unspecified atom stereocenters. The van der Waals surface area contributed by atoms with Crippen LogP contribution in [-0.4, -0.2) is 50.3 Å². The Balaban J connectivity index is 2.05. The van der Waals surface area contributed by atoms with Gasteiger partial charge in [0.2, 0.25) is 0 Å². The van der Waals surface area contributed by atoms with Crippen molar-refractivity contribution >= 4 is 17.6 Å². The second kappa shape index (κ2) is 8.22. The van der Waals surface area contributed by atoms with E-state index in [1.165, 1.54) is 0 Å². The molecule has 2 N–H and O–H groups in total. The standard InChI is InChI=1S/C15H22ClN3O2/c1-2-17-15(20)18-11-14(19-7-9-21-10-8-19)12-3-5-13(16)6-4-12/h3-6,14H,2,7-11H2,1H3,(H2,17,18,20). The quantitative estimate of drug-likeness (QED) is 0.875. The fraction of sp³-hybridized carbons (Fsp3) is 0.533. The topological polar surface area (TPSA) is 53.6 Å². The molecule has 1 saturated heterocycles. The third-order valence-electron chi connectivity index (χ3n) is 3.53. The lowest BCUT2D eigenvalue weighted by atomic mass is 10.0. The number of morpholine rings is 1. The van der Waals surface area contributed by atoms with Crippen LogP contribution in [0.5, 0.6) is 0 Å². The van der Waals surface area contributed by atoms with Crippen molar-refractivity contribution < 1.29 is 9.53 Å². The van der Waals surface area contributed by atoms with Gasteiger partial charge in [-0.2, -0.15) is 0 Å². The molecule has 0 saturated carbocycles. The first-order valence-corrected chi connectivity index (χ1v) is 7.67. The average molecular weight is 312 g/mol. The van der Waals surface area contributed by atoms with Crippen molar-refractivity contribution in [3.05, 3.63) is 34.9 Å². The number of carbonyl (C=O) groups is 1. The van der Waals surface area contributed by atoms with Gasteiger partial charge in [0.15, 0.2) is 0 Å². The van der Waals surface area contributed by atoms with Crippen LogP contribution in [0.1, 0.15) is 18.5 Å². The molecule has 0 bridgehead atoms. The predicted octanol–water partition coefficient (Wildman–Crippen LogP) is 2.03. The Kier molecular flexibility index (Phi) is 6.29. The van der Waals surface area contributed by atoms with E-state index in [-0.39, 0.29) is 12.1 Å². The Morgan fingerprint density at radius 3 is 2.57 bits per heavy atom. The maximum atomic E-state index is 11.6. The Bertz CT molecular complexity index is 447. The first-order chi connectivity index (χ1) is 10.2. The molecule has 2 amide bonds. The minimum absolute atomic E-state index is 0.133. The number of rotatable bonds is 5. The van der Waals surface area contributed by atoms with Gasteiger partial charge < -0.3 is 15.4 Å². The molecular formula is C15H22ClN3O2. The van der Waals surface area contributed by atoms with Gasteiger partial charge in [0.25, 0.3) is 0 Å². The van der Waals surface area contributed by atoms with Crippen molar-refractivity contribution in [3.63, 3.8) is 0 Å².